The Morgan fingerprint density at radius 3 is 2.69 bits per heavy atom. The standard InChI is InChI=1S/C12H24N2O2/c1-12(2)10(5-11(12)16-3)14-6-8-4-9(15)7-13-8/h8-11,13-15H,4-7H2,1-3H3. The molecule has 1 aliphatic carbocycles. The van der Waals surface area contributed by atoms with Crippen LogP contribution >= 0.6 is 0 Å². The molecule has 2 rings (SSSR count). The molecule has 16 heavy (non-hydrogen) atoms. The molecule has 0 amide bonds. The molecule has 2 fully saturated rings. The van der Waals surface area contributed by atoms with Crippen molar-refractivity contribution in [2.24, 2.45) is 5.41 Å². The summed E-state index contributed by atoms with van der Waals surface area (Å²) in [6, 6.07) is 0.962. The van der Waals surface area contributed by atoms with Gasteiger partial charge in [-0.05, 0) is 12.8 Å². The van der Waals surface area contributed by atoms with Crippen LogP contribution in [0.25, 0.3) is 0 Å². The molecule has 1 saturated heterocycles. The number of β-amino-alcohol motifs (C(OH)–C–C–N with tert-alkyl or cyclic N) is 1. The smallest absolute Gasteiger partial charge is 0.0680 e. The van der Waals surface area contributed by atoms with E-state index in [4.69, 9.17) is 4.74 Å². The van der Waals surface area contributed by atoms with Crippen LogP contribution in [0.4, 0.5) is 0 Å². The van der Waals surface area contributed by atoms with Crippen LogP contribution in [0.3, 0.4) is 0 Å². The molecule has 0 radical (unpaired) electrons. The second-order valence-corrected chi connectivity index (χ2v) is 5.74. The van der Waals surface area contributed by atoms with Gasteiger partial charge in [-0.2, -0.15) is 0 Å². The van der Waals surface area contributed by atoms with Crippen LogP contribution in [0.1, 0.15) is 26.7 Å². The Bertz CT molecular complexity index is 245. The first-order valence-corrected chi connectivity index (χ1v) is 6.21. The number of aliphatic hydroxyl groups is 1. The van der Waals surface area contributed by atoms with E-state index in [0.29, 0.717) is 18.2 Å². The third kappa shape index (κ3) is 2.25. The molecule has 4 heteroatoms. The number of hydrogen-bond donors (Lipinski definition) is 3. The van der Waals surface area contributed by atoms with Crippen molar-refractivity contribution in [1.29, 1.82) is 0 Å². The van der Waals surface area contributed by atoms with E-state index in [1.807, 2.05) is 0 Å². The Balaban J connectivity index is 1.72. The molecule has 0 spiro atoms. The minimum absolute atomic E-state index is 0.159. The lowest BCUT2D eigenvalue weighted by Gasteiger charge is -2.51. The number of nitrogens with one attached hydrogen (secondary N) is 2. The van der Waals surface area contributed by atoms with Gasteiger partial charge in [-0.1, -0.05) is 13.8 Å². The van der Waals surface area contributed by atoms with Crippen molar-refractivity contribution in [1.82, 2.24) is 10.6 Å². The Labute approximate surface area is 97.7 Å². The van der Waals surface area contributed by atoms with Gasteiger partial charge in [0, 0.05) is 37.7 Å². The molecule has 1 aliphatic heterocycles. The summed E-state index contributed by atoms with van der Waals surface area (Å²) in [5, 5.41) is 16.3. The maximum absolute atomic E-state index is 9.41. The van der Waals surface area contributed by atoms with Crippen LogP contribution in [0, 0.1) is 5.41 Å². The van der Waals surface area contributed by atoms with E-state index in [1.54, 1.807) is 7.11 Å². The van der Waals surface area contributed by atoms with Crippen LogP contribution < -0.4 is 10.6 Å². The van der Waals surface area contributed by atoms with Gasteiger partial charge >= 0.3 is 0 Å². The molecule has 0 bridgehead atoms. The molecule has 0 aromatic rings. The highest BCUT2D eigenvalue weighted by Crippen LogP contribution is 2.42. The molecule has 1 saturated carbocycles. The van der Waals surface area contributed by atoms with Crippen molar-refractivity contribution in [2.45, 2.75) is 51.0 Å². The monoisotopic (exact) mass is 228 g/mol. The van der Waals surface area contributed by atoms with E-state index < -0.39 is 0 Å². The molecule has 4 unspecified atom stereocenters. The van der Waals surface area contributed by atoms with E-state index >= 15 is 0 Å². The lowest BCUT2D eigenvalue weighted by atomic mass is 9.64. The van der Waals surface area contributed by atoms with Crippen molar-refractivity contribution >= 4 is 0 Å². The van der Waals surface area contributed by atoms with E-state index in [0.717, 1.165) is 25.9 Å². The molecule has 4 nitrogen and oxygen atoms in total. The number of ether oxygens (including phenoxy) is 1. The van der Waals surface area contributed by atoms with Gasteiger partial charge in [0.05, 0.1) is 12.2 Å². The van der Waals surface area contributed by atoms with Gasteiger partial charge in [0.2, 0.25) is 0 Å². The molecular weight excluding hydrogens is 204 g/mol. The van der Waals surface area contributed by atoms with Crippen molar-refractivity contribution < 1.29 is 9.84 Å². The third-order valence-electron chi connectivity index (χ3n) is 4.27. The van der Waals surface area contributed by atoms with Crippen LogP contribution in [0.2, 0.25) is 0 Å². The molecule has 0 aromatic carbocycles. The van der Waals surface area contributed by atoms with Gasteiger partial charge in [-0.3, -0.25) is 0 Å². The molecule has 3 N–H and O–H groups in total. The molecule has 0 aromatic heterocycles. The zero-order chi connectivity index (χ0) is 11.8. The first kappa shape index (κ1) is 12.3. The lowest BCUT2D eigenvalue weighted by molar-refractivity contribution is -0.0976. The third-order valence-corrected chi connectivity index (χ3v) is 4.27. The summed E-state index contributed by atoms with van der Waals surface area (Å²) < 4.78 is 5.42. The number of hydrogen-bond acceptors (Lipinski definition) is 4. The molecule has 1 heterocycles. The predicted molar refractivity (Wildman–Crippen MR) is 63.4 cm³/mol. The van der Waals surface area contributed by atoms with Gasteiger partial charge in [0.1, 0.15) is 0 Å². The number of aliphatic hydroxyl groups excluding tert-OH is 1. The quantitative estimate of drug-likeness (QED) is 0.639. The van der Waals surface area contributed by atoms with Crippen LogP contribution in [0.15, 0.2) is 0 Å². The summed E-state index contributed by atoms with van der Waals surface area (Å²) in [6.07, 6.45) is 2.19. The highest BCUT2D eigenvalue weighted by atomic mass is 16.5. The van der Waals surface area contributed by atoms with Gasteiger partial charge in [0.25, 0.3) is 0 Å². The highest BCUT2D eigenvalue weighted by molar-refractivity contribution is 5.03. The minimum Gasteiger partial charge on any atom is -0.392 e. The summed E-state index contributed by atoms with van der Waals surface area (Å²) in [6.45, 7) is 6.18. The Kier molecular flexibility index (Phi) is 3.54. The molecular formula is C12H24N2O2. The highest BCUT2D eigenvalue weighted by Gasteiger charge is 2.48. The van der Waals surface area contributed by atoms with Crippen molar-refractivity contribution in [3.05, 3.63) is 0 Å². The maximum Gasteiger partial charge on any atom is 0.0680 e. The normalized spacial score (nSPS) is 42.0. The summed E-state index contributed by atoms with van der Waals surface area (Å²) >= 11 is 0. The minimum atomic E-state index is -0.159. The second-order valence-electron chi connectivity index (χ2n) is 5.74. The average Bonchev–Trinajstić information content (AvgIpc) is 2.63. The predicted octanol–water partition coefficient (Wildman–Crippen LogP) is 0.112. The van der Waals surface area contributed by atoms with Crippen molar-refractivity contribution in [3.63, 3.8) is 0 Å². The van der Waals surface area contributed by atoms with Crippen LogP contribution in [0.5, 0.6) is 0 Å². The largest absolute Gasteiger partial charge is 0.392 e. The summed E-state index contributed by atoms with van der Waals surface area (Å²) in [4.78, 5) is 0. The fourth-order valence-electron chi connectivity index (χ4n) is 2.87. The first-order valence-electron chi connectivity index (χ1n) is 6.21. The maximum atomic E-state index is 9.41. The van der Waals surface area contributed by atoms with Gasteiger partial charge in [-0.25, -0.2) is 0 Å². The number of rotatable bonds is 4. The summed E-state index contributed by atoms with van der Waals surface area (Å²) in [5.41, 5.74) is 0.228. The topological polar surface area (TPSA) is 53.5 Å². The number of methoxy groups -OCH3 is 1. The van der Waals surface area contributed by atoms with Gasteiger partial charge < -0.3 is 20.5 Å². The Hall–Kier alpha value is -0.160. The summed E-state index contributed by atoms with van der Waals surface area (Å²) in [5.74, 6) is 0. The lowest BCUT2D eigenvalue weighted by Crippen LogP contribution is -2.61. The van der Waals surface area contributed by atoms with Crippen LogP contribution in [-0.4, -0.2) is 49.6 Å². The second kappa shape index (κ2) is 4.61. The fraction of sp³-hybridized carbons (Fsp3) is 1.00. The summed E-state index contributed by atoms with van der Waals surface area (Å²) in [7, 11) is 1.79. The zero-order valence-corrected chi connectivity index (χ0v) is 10.5. The molecule has 94 valence electrons. The SMILES string of the molecule is COC1CC(NCC2CC(O)CN2)C1(C)C. The van der Waals surface area contributed by atoms with E-state index in [9.17, 15) is 5.11 Å². The Morgan fingerprint density at radius 2 is 2.19 bits per heavy atom. The fourth-order valence-corrected chi connectivity index (χ4v) is 2.87. The van der Waals surface area contributed by atoms with Crippen LogP contribution in [-0.2, 0) is 4.74 Å². The van der Waals surface area contributed by atoms with E-state index in [1.165, 1.54) is 0 Å². The first-order chi connectivity index (χ1) is 7.54. The van der Waals surface area contributed by atoms with E-state index in [2.05, 4.69) is 24.5 Å². The average molecular weight is 228 g/mol. The zero-order valence-electron chi connectivity index (χ0n) is 10.5. The Morgan fingerprint density at radius 1 is 1.44 bits per heavy atom. The van der Waals surface area contributed by atoms with E-state index in [-0.39, 0.29) is 11.5 Å². The van der Waals surface area contributed by atoms with Crippen molar-refractivity contribution in [3.8, 4) is 0 Å². The molecule has 2 aliphatic rings. The van der Waals surface area contributed by atoms with Crippen molar-refractivity contribution in [2.75, 3.05) is 20.2 Å². The van der Waals surface area contributed by atoms with Gasteiger partial charge in [-0.15, -0.1) is 0 Å². The molecule has 4 atom stereocenters. The van der Waals surface area contributed by atoms with Gasteiger partial charge in [0.15, 0.2) is 0 Å².